The first-order chi connectivity index (χ1) is 12.5. The van der Waals surface area contributed by atoms with E-state index in [1.165, 1.54) is 0 Å². The summed E-state index contributed by atoms with van der Waals surface area (Å²) >= 11 is 0. The first-order valence-corrected chi connectivity index (χ1v) is 8.38. The zero-order valence-corrected chi connectivity index (χ0v) is 15.3. The fourth-order valence-electron chi connectivity index (χ4n) is 2.45. The Balaban J connectivity index is 1.73. The molecule has 0 unspecified atom stereocenters. The number of aryl methyl sites for hydroxylation is 1. The molecule has 0 aliphatic carbocycles. The number of hydrogen-bond donors (Lipinski definition) is 2. The molecule has 0 spiro atoms. The second-order valence-electron chi connectivity index (χ2n) is 5.80. The van der Waals surface area contributed by atoms with Crippen LogP contribution >= 0.6 is 0 Å². The van der Waals surface area contributed by atoms with Gasteiger partial charge in [0.25, 0.3) is 11.8 Å². The molecule has 2 amide bonds. The van der Waals surface area contributed by atoms with Crippen molar-refractivity contribution in [2.75, 3.05) is 27.3 Å². The van der Waals surface area contributed by atoms with Gasteiger partial charge in [-0.25, -0.2) is 0 Å². The number of hydrogen-bond acceptors (Lipinski definition) is 4. The molecule has 26 heavy (non-hydrogen) atoms. The van der Waals surface area contributed by atoms with E-state index in [2.05, 4.69) is 10.6 Å². The maximum Gasteiger partial charge on any atom is 0.257 e. The average molecular weight is 356 g/mol. The average Bonchev–Trinajstić information content (AvgIpc) is 2.66. The molecule has 0 aliphatic heterocycles. The number of amides is 2. The lowest BCUT2D eigenvalue weighted by Crippen LogP contribution is -2.30. The van der Waals surface area contributed by atoms with E-state index >= 15 is 0 Å². The number of ether oxygens (including phenoxy) is 2. The van der Waals surface area contributed by atoms with Gasteiger partial charge in [0.15, 0.2) is 6.61 Å². The summed E-state index contributed by atoms with van der Waals surface area (Å²) in [5, 5.41) is 5.40. The third-order valence-corrected chi connectivity index (χ3v) is 3.92. The molecule has 0 saturated heterocycles. The Morgan fingerprint density at radius 1 is 1.08 bits per heavy atom. The van der Waals surface area contributed by atoms with Crippen molar-refractivity contribution in [3.05, 3.63) is 59.2 Å². The topological polar surface area (TPSA) is 76.7 Å². The fourth-order valence-corrected chi connectivity index (χ4v) is 2.45. The summed E-state index contributed by atoms with van der Waals surface area (Å²) in [7, 11) is 3.21. The van der Waals surface area contributed by atoms with Crippen LogP contribution in [0.1, 0.15) is 21.5 Å². The third kappa shape index (κ3) is 5.51. The molecular weight excluding hydrogens is 332 g/mol. The monoisotopic (exact) mass is 356 g/mol. The highest BCUT2D eigenvalue weighted by molar-refractivity contribution is 5.93. The van der Waals surface area contributed by atoms with Crippen LogP contribution in [0.2, 0.25) is 0 Å². The molecule has 0 heterocycles. The van der Waals surface area contributed by atoms with E-state index in [0.29, 0.717) is 24.3 Å². The SMILES string of the molecule is CNC(=O)c1ccc(CCNC(=O)COc2ccc(OC)c(C)c2)cc1. The molecule has 2 N–H and O–H groups in total. The molecule has 0 radical (unpaired) electrons. The van der Waals surface area contributed by atoms with Gasteiger partial charge in [0.2, 0.25) is 0 Å². The van der Waals surface area contributed by atoms with Crippen LogP contribution in [-0.2, 0) is 11.2 Å². The van der Waals surface area contributed by atoms with Crippen molar-refractivity contribution in [3.8, 4) is 11.5 Å². The van der Waals surface area contributed by atoms with Crippen LogP contribution in [0, 0.1) is 6.92 Å². The van der Waals surface area contributed by atoms with Gasteiger partial charge in [-0.2, -0.15) is 0 Å². The normalized spacial score (nSPS) is 10.1. The maximum absolute atomic E-state index is 11.9. The van der Waals surface area contributed by atoms with Crippen molar-refractivity contribution >= 4 is 11.8 Å². The van der Waals surface area contributed by atoms with Crippen molar-refractivity contribution in [2.24, 2.45) is 0 Å². The molecule has 0 fully saturated rings. The van der Waals surface area contributed by atoms with Crippen LogP contribution in [0.3, 0.4) is 0 Å². The lowest BCUT2D eigenvalue weighted by molar-refractivity contribution is -0.123. The Hall–Kier alpha value is -3.02. The Kier molecular flexibility index (Phi) is 7.02. The van der Waals surface area contributed by atoms with Gasteiger partial charge in [0.1, 0.15) is 11.5 Å². The smallest absolute Gasteiger partial charge is 0.257 e. The molecule has 2 rings (SSSR count). The summed E-state index contributed by atoms with van der Waals surface area (Å²) in [5.74, 6) is 1.11. The van der Waals surface area contributed by atoms with Gasteiger partial charge in [0.05, 0.1) is 7.11 Å². The van der Waals surface area contributed by atoms with Crippen molar-refractivity contribution in [1.82, 2.24) is 10.6 Å². The molecule has 0 aliphatic rings. The molecule has 0 aromatic heterocycles. The maximum atomic E-state index is 11.9. The van der Waals surface area contributed by atoms with Gasteiger partial charge in [-0.1, -0.05) is 12.1 Å². The fraction of sp³-hybridized carbons (Fsp3) is 0.300. The van der Waals surface area contributed by atoms with Crippen molar-refractivity contribution in [1.29, 1.82) is 0 Å². The summed E-state index contributed by atoms with van der Waals surface area (Å²) in [5.41, 5.74) is 2.61. The Bertz CT molecular complexity index is 757. The molecule has 0 atom stereocenters. The minimum Gasteiger partial charge on any atom is -0.496 e. The molecule has 138 valence electrons. The highest BCUT2D eigenvalue weighted by Gasteiger charge is 2.06. The summed E-state index contributed by atoms with van der Waals surface area (Å²) < 4.78 is 10.7. The van der Waals surface area contributed by atoms with E-state index in [1.54, 1.807) is 32.4 Å². The van der Waals surface area contributed by atoms with Crippen LogP contribution in [-0.4, -0.2) is 39.1 Å². The van der Waals surface area contributed by atoms with Crippen molar-refractivity contribution in [2.45, 2.75) is 13.3 Å². The summed E-state index contributed by atoms with van der Waals surface area (Å²) in [6.45, 7) is 2.38. The molecule has 2 aromatic rings. The second-order valence-corrected chi connectivity index (χ2v) is 5.80. The van der Waals surface area contributed by atoms with E-state index in [1.807, 2.05) is 31.2 Å². The predicted molar refractivity (Wildman–Crippen MR) is 99.8 cm³/mol. The zero-order valence-electron chi connectivity index (χ0n) is 15.3. The predicted octanol–water partition coefficient (Wildman–Crippen LogP) is 2.10. The van der Waals surface area contributed by atoms with Crippen molar-refractivity contribution < 1.29 is 19.1 Å². The highest BCUT2D eigenvalue weighted by atomic mass is 16.5. The third-order valence-electron chi connectivity index (χ3n) is 3.92. The number of carbonyl (C=O) groups excluding carboxylic acids is 2. The number of carbonyl (C=O) groups is 2. The standard InChI is InChI=1S/C20H24N2O4/c1-14-12-17(8-9-18(14)25-3)26-13-19(23)22-11-10-15-4-6-16(7-5-15)20(24)21-2/h4-9,12H,10-11,13H2,1-3H3,(H,21,24)(H,22,23). The second kappa shape index (κ2) is 9.46. The van der Waals surface area contributed by atoms with E-state index < -0.39 is 0 Å². The Morgan fingerprint density at radius 3 is 2.42 bits per heavy atom. The van der Waals surface area contributed by atoms with Crippen LogP contribution < -0.4 is 20.1 Å². The highest BCUT2D eigenvalue weighted by Crippen LogP contribution is 2.22. The lowest BCUT2D eigenvalue weighted by atomic mass is 10.1. The lowest BCUT2D eigenvalue weighted by Gasteiger charge is -2.10. The Labute approximate surface area is 153 Å². The van der Waals surface area contributed by atoms with Gasteiger partial charge >= 0.3 is 0 Å². The van der Waals surface area contributed by atoms with Gasteiger partial charge in [0, 0.05) is 19.2 Å². The van der Waals surface area contributed by atoms with Gasteiger partial charge in [-0.05, 0) is 54.8 Å². The first kappa shape index (κ1) is 19.3. The quantitative estimate of drug-likeness (QED) is 0.759. The van der Waals surface area contributed by atoms with Crippen molar-refractivity contribution in [3.63, 3.8) is 0 Å². The van der Waals surface area contributed by atoms with Gasteiger partial charge < -0.3 is 20.1 Å². The molecule has 6 nitrogen and oxygen atoms in total. The summed E-state index contributed by atoms with van der Waals surface area (Å²) in [6.07, 6.45) is 0.682. The molecule has 6 heteroatoms. The first-order valence-electron chi connectivity index (χ1n) is 8.38. The van der Waals surface area contributed by atoms with Crippen LogP contribution in [0.4, 0.5) is 0 Å². The minimum atomic E-state index is -0.180. The molecular formula is C20H24N2O4. The number of methoxy groups -OCH3 is 1. The summed E-state index contributed by atoms with van der Waals surface area (Å²) in [6, 6.07) is 12.7. The van der Waals surface area contributed by atoms with Crippen LogP contribution in [0.15, 0.2) is 42.5 Å². The van der Waals surface area contributed by atoms with Crippen LogP contribution in [0.25, 0.3) is 0 Å². The minimum absolute atomic E-state index is 0.0403. The largest absolute Gasteiger partial charge is 0.496 e. The molecule has 0 bridgehead atoms. The van der Waals surface area contributed by atoms with Gasteiger partial charge in [-0.15, -0.1) is 0 Å². The summed E-state index contributed by atoms with van der Waals surface area (Å²) in [4.78, 5) is 23.4. The van der Waals surface area contributed by atoms with E-state index in [4.69, 9.17) is 9.47 Å². The van der Waals surface area contributed by atoms with E-state index in [0.717, 1.165) is 16.9 Å². The number of benzene rings is 2. The number of rotatable bonds is 8. The van der Waals surface area contributed by atoms with Gasteiger partial charge in [-0.3, -0.25) is 9.59 Å². The molecule has 2 aromatic carbocycles. The zero-order chi connectivity index (χ0) is 18.9. The van der Waals surface area contributed by atoms with E-state index in [-0.39, 0.29) is 18.4 Å². The molecule has 0 saturated carbocycles. The van der Waals surface area contributed by atoms with E-state index in [9.17, 15) is 9.59 Å². The number of nitrogens with one attached hydrogen (secondary N) is 2. The van der Waals surface area contributed by atoms with Crippen LogP contribution in [0.5, 0.6) is 11.5 Å². The Morgan fingerprint density at radius 2 is 1.81 bits per heavy atom.